The molecule has 1 aromatic heterocycles. The molecule has 1 N–H and O–H groups in total. The summed E-state index contributed by atoms with van der Waals surface area (Å²) in [5, 5.41) is 11.5. The van der Waals surface area contributed by atoms with Crippen molar-refractivity contribution in [2.24, 2.45) is 0 Å². The van der Waals surface area contributed by atoms with E-state index in [9.17, 15) is 4.79 Å². The molecule has 0 spiro atoms. The average molecular weight is 396 g/mol. The van der Waals surface area contributed by atoms with Crippen LogP contribution in [0.3, 0.4) is 0 Å². The molecular formula is C18H26ClN5O3. The summed E-state index contributed by atoms with van der Waals surface area (Å²) in [5.74, 6) is 1.17. The maximum absolute atomic E-state index is 12.5. The molecule has 0 atom stereocenters. The van der Waals surface area contributed by atoms with Crippen LogP contribution in [-0.2, 0) is 0 Å². The highest BCUT2D eigenvalue weighted by molar-refractivity contribution is 5.91. The largest absolute Gasteiger partial charge is 0.493 e. The van der Waals surface area contributed by atoms with Crippen LogP contribution in [0.4, 0.5) is 0 Å². The molecule has 0 unspecified atom stereocenters. The summed E-state index contributed by atoms with van der Waals surface area (Å²) >= 11 is 0. The van der Waals surface area contributed by atoms with Gasteiger partial charge in [0.25, 0.3) is 5.91 Å². The Morgan fingerprint density at radius 1 is 1.30 bits per heavy atom. The second-order valence-corrected chi connectivity index (χ2v) is 6.29. The summed E-state index contributed by atoms with van der Waals surface area (Å²) in [7, 11) is 3.33. The Labute approximate surface area is 165 Å². The van der Waals surface area contributed by atoms with E-state index in [1.54, 1.807) is 25.3 Å². The summed E-state index contributed by atoms with van der Waals surface area (Å²) in [4.78, 5) is 14.1. The number of hydrogen-bond acceptors (Lipinski definition) is 6. The summed E-state index contributed by atoms with van der Waals surface area (Å²) in [6, 6.07) is 7.75. The number of piperidine rings is 1. The van der Waals surface area contributed by atoms with E-state index >= 15 is 0 Å². The van der Waals surface area contributed by atoms with Gasteiger partial charge in [0, 0.05) is 7.05 Å². The molecule has 1 fully saturated rings. The van der Waals surface area contributed by atoms with Gasteiger partial charge >= 0.3 is 0 Å². The Kier molecular flexibility index (Phi) is 7.87. The smallest absolute Gasteiger partial charge is 0.275 e. The van der Waals surface area contributed by atoms with E-state index in [2.05, 4.69) is 15.6 Å². The minimum Gasteiger partial charge on any atom is -0.493 e. The molecular weight excluding hydrogens is 370 g/mol. The zero-order chi connectivity index (χ0) is 18.4. The van der Waals surface area contributed by atoms with Gasteiger partial charge in [-0.15, -0.1) is 17.5 Å². The monoisotopic (exact) mass is 395 g/mol. The van der Waals surface area contributed by atoms with Gasteiger partial charge in [0.1, 0.15) is 6.61 Å². The number of likely N-dealkylation sites (N-methyl/N-ethyl adjacent to an activating group) is 1. The van der Waals surface area contributed by atoms with E-state index in [0.29, 0.717) is 36.4 Å². The molecule has 1 aliphatic heterocycles. The van der Waals surface area contributed by atoms with Crippen molar-refractivity contribution in [3.05, 3.63) is 36.2 Å². The second-order valence-electron chi connectivity index (χ2n) is 6.29. The van der Waals surface area contributed by atoms with E-state index in [4.69, 9.17) is 9.47 Å². The number of aromatic nitrogens is 3. The molecule has 27 heavy (non-hydrogen) atoms. The van der Waals surface area contributed by atoms with Gasteiger partial charge in [0.15, 0.2) is 17.2 Å². The van der Waals surface area contributed by atoms with Crippen LogP contribution in [0, 0.1) is 0 Å². The fraction of sp³-hybridized carbons (Fsp3) is 0.500. The zero-order valence-corrected chi connectivity index (χ0v) is 16.4. The third-order valence-electron chi connectivity index (χ3n) is 4.51. The number of halogens is 1. The van der Waals surface area contributed by atoms with Crippen molar-refractivity contribution in [2.75, 3.05) is 40.4 Å². The number of carbonyl (C=O) groups excluding carboxylic acids is 1. The molecule has 148 valence electrons. The Hall–Kier alpha value is -2.32. The van der Waals surface area contributed by atoms with Crippen LogP contribution < -0.4 is 14.8 Å². The van der Waals surface area contributed by atoms with Crippen molar-refractivity contribution in [1.29, 1.82) is 0 Å². The summed E-state index contributed by atoms with van der Waals surface area (Å²) < 4.78 is 12.8. The molecule has 1 amide bonds. The van der Waals surface area contributed by atoms with Crippen molar-refractivity contribution in [1.82, 2.24) is 25.2 Å². The molecule has 9 heteroatoms. The summed E-state index contributed by atoms with van der Waals surface area (Å²) in [5.41, 5.74) is 0.364. The van der Waals surface area contributed by atoms with Crippen LogP contribution in [0.5, 0.6) is 11.5 Å². The molecule has 0 radical (unpaired) electrons. The number of para-hydroxylation sites is 2. The van der Waals surface area contributed by atoms with E-state index in [1.165, 1.54) is 0 Å². The SMILES string of the molecule is COc1ccccc1OCCN(C)C(=O)c1cn(C2CCNCC2)nn1.Cl. The number of rotatable bonds is 7. The first-order chi connectivity index (χ1) is 12.7. The van der Waals surface area contributed by atoms with Gasteiger partial charge in [0.05, 0.1) is 25.9 Å². The summed E-state index contributed by atoms with van der Waals surface area (Å²) in [6.07, 6.45) is 3.75. The summed E-state index contributed by atoms with van der Waals surface area (Å²) in [6.45, 7) is 2.74. The Bertz CT molecular complexity index is 733. The lowest BCUT2D eigenvalue weighted by atomic mass is 10.1. The van der Waals surface area contributed by atoms with Gasteiger partial charge in [-0.05, 0) is 38.1 Å². The normalized spacial score (nSPS) is 14.3. The van der Waals surface area contributed by atoms with Crippen LogP contribution in [0.2, 0.25) is 0 Å². The number of methoxy groups -OCH3 is 1. The number of hydrogen-bond donors (Lipinski definition) is 1. The lowest BCUT2D eigenvalue weighted by Crippen LogP contribution is -2.31. The lowest BCUT2D eigenvalue weighted by molar-refractivity contribution is 0.0767. The van der Waals surface area contributed by atoms with Gasteiger partial charge in [-0.25, -0.2) is 4.68 Å². The number of benzene rings is 1. The van der Waals surface area contributed by atoms with Gasteiger partial charge < -0.3 is 19.7 Å². The number of carbonyl (C=O) groups is 1. The van der Waals surface area contributed by atoms with Crippen molar-refractivity contribution in [2.45, 2.75) is 18.9 Å². The van der Waals surface area contributed by atoms with Crippen LogP contribution in [0.25, 0.3) is 0 Å². The molecule has 1 aromatic carbocycles. The van der Waals surface area contributed by atoms with Crippen LogP contribution in [-0.4, -0.2) is 66.2 Å². The Balaban J connectivity index is 0.00000261. The predicted octanol–water partition coefficient (Wildman–Crippen LogP) is 1.78. The maximum atomic E-state index is 12.5. The highest BCUT2D eigenvalue weighted by Crippen LogP contribution is 2.25. The minimum absolute atomic E-state index is 0. The Morgan fingerprint density at radius 2 is 2.00 bits per heavy atom. The molecule has 0 saturated carbocycles. The Morgan fingerprint density at radius 3 is 2.70 bits per heavy atom. The van der Waals surface area contributed by atoms with Gasteiger partial charge in [-0.2, -0.15) is 0 Å². The molecule has 8 nitrogen and oxygen atoms in total. The highest BCUT2D eigenvalue weighted by Gasteiger charge is 2.20. The van der Waals surface area contributed by atoms with E-state index in [-0.39, 0.29) is 18.3 Å². The number of amides is 1. The molecule has 0 aliphatic carbocycles. The van der Waals surface area contributed by atoms with Gasteiger partial charge in [-0.1, -0.05) is 17.3 Å². The zero-order valence-electron chi connectivity index (χ0n) is 15.6. The highest BCUT2D eigenvalue weighted by atomic mass is 35.5. The van der Waals surface area contributed by atoms with Crippen molar-refractivity contribution in [3.8, 4) is 11.5 Å². The first-order valence-corrected chi connectivity index (χ1v) is 8.83. The number of nitrogens with one attached hydrogen (secondary N) is 1. The van der Waals surface area contributed by atoms with E-state index < -0.39 is 0 Å². The standard InChI is InChI=1S/C18H25N5O3.ClH/c1-22(11-12-26-17-6-4-3-5-16(17)25-2)18(24)15-13-23(21-20-15)14-7-9-19-10-8-14;/h3-6,13-14,19H,7-12H2,1-2H3;1H. The van der Waals surface area contributed by atoms with Crippen LogP contribution in [0.15, 0.2) is 30.5 Å². The van der Waals surface area contributed by atoms with Crippen LogP contribution in [0.1, 0.15) is 29.4 Å². The third-order valence-corrected chi connectivity index (χ3v) is 4.51. The fourth-order valence-corrected chi connectivity index (χ4v) is 2.95. The van der Waals surface area contributed by atoms with Crippen molar-refractivity contribution < 1.29 is 14.3 Å². The molecule has 3 rings (SSSR count). The topological polar surface area (TPSA) is 81.5 Å². The first-order valence-electron chi connectivity index (χ1n) is 8.83. The van der Waals surface area contributed by atoms with E-state index in [1.807, 2.05) is 28.9 Å². The van der Waals surface area contributed by atoms with Gasteiger partial charge in [-0.3, -0.25) is 4.79 Å². The second kappa shape index (κ2) is 10.1. The molecule has 2 heterocycles. The number of ether oxygens (including phenoxy) is 2. The van der Waals surface area contributed by atoms with Crippen LogP contribution >= 0.6 is 12.4 Å². The molecule has 0 bridgehead atoms. The molecule has 1 saturated heterocycles. The quantitative estimate of drug-likeness (QED) is 0.769. The molecule has 1 aliphatic rings. The number of nitrogens with zero attached hydrogens (tertiary/aromatic N) is 4. The first kappa shape index (κ1) is 21.0. The average Bonchev–Trinajstić information content (AvgIpc) is 3.18. The van der Waals surface area contributed by atoms with E-state index in [0.717, 1.165) is 25.9 Å². The maximum Gasteiger partial charge on any atom is 0.275 e. The molecule has 2 aromatic rings. The lowest BCUT2D eigenvalue weighted by Gasteiger charge is -2.22. The van der Waals surface area contributed by atoms with Crippen molar-refractivity contribution >= 4 is 18.3 Å². The third kappa shape index (κ3) is 5.33. The van der Waals surface area contributed by atoms with Crippen molar-refractivity contribution in [3.63, 3.8) is 0 Å². The minimum atomic E-state index is -0.159. The van der Waals surface area contributed by atoms with Gasteiger partial charge in [0.2, 0.25) is 0 Å². The fourth-order valence-electron chi connectivity index (χ4n) is 2.95. The predicted molar refractivity (Wildman–Crippen MR) is 104 cm³/mol.